The van der Waals surface area contributed by atoms with Gasteiger partial charge >= 0.3 is 0 Å². The summed E-state index contributed by atoms with van der Waals surface area (Å²) < 4.78 is 5.61. The molecule has 3 nitrogen and oxygen atoms in total. The molecule has 0 unspecified atom stereocenters. The minimum absolute atomic E-state index is 0.549. The molecule has 0 aliphatic heterocycles. The molecule has 0 radical (unpaired) electrons. The highest BCUT2D eigenvalue weighted by Gasteiger charge is 2.00. The highest BCUT2D eigenvalue weighted by molar-refractivity contribution is 8.13. The van der Waals surface area contributed by atoms with E-state index in [2.05, 4.69) is 17.1 Å². The number of hydrogen-bond donors (Lipinski definition) is 1. The van der Waals surface area contributed by atoms with Gasteiger partial charge in [0.05, 0.1) is 12.3 Å². The smallest absolute Gasteiger partial charge is 0.159 e. The molecule has 0 atom stereocenters. The Kier molecular flexibility index (Phi) is 6.16. The van der Waals surface area contributed by atoms with E-state index in [0.29, 0.717) is 16.8 Å². The minimum Gasteiger partial charge on any atom is -0.493 e. The first-order valence-electron chi connectivity index (χ1n) is 6.97. The van der Waals surface area contributed by atoms with Crippen LogP contribution in [0.4, 0.5) is 5.69 Å². The number of rotatable bonds is 5. The molecule has 0 amide bonds. The van der Waals surface area contributed by atoms with Crippen LogP contribution >= 0.6 is 23.4 Å². The first-order chi connectivity index (χ1) is 10.5. The number of benzene rings is 2. The summed E-state index contributed by atoms with van der Waals surface area (Å²) in [4.78, 5) is 4.46. The molecule has 0 saturated heterocycles. The lowest BCUT2D eigenvalue weighted by Gasteiger charge is -2.06. The molecular formula is C17H19ClN2OS. The number of thioether (sulfide) groups is 1. The van der Waals surface area contributed by atoms with Gasteiger partial charge in [-0.1, -0.05) is 35.5 Å². The molecule has 116 valence electrons. The maximum absolute atomic E-state index is 5.96. The van der Waals surface area contributed by atoms with Gasteiger partial charge < -0.3 is 10.5 Å². The number of aliphatic imine (C=N–C) groups is 1. The number of hydrogen-bond acceptors (Lipinski definition) is 3. The zero-order valence-electron chi connectivity index (χ0n) is 12.7. The Morgan fingerprint density at radius 2 is 1.91 bits per heavy atom. The van der Waals surface area contributed by atoms with E-state index in [4.69, 9.17) is 22.1 Å². The van der Waals surface area contributed by atoms with Crippen LogP contribution in [0, 0.1) is 13.8 Å². The molecule has 0 spiro atoms. The molecule has 0 saturated carbocycles. The van der Waals surface area contributed by atoms with Gasteiger partial charge in [0, 0.05) is 10.8 Å². The fraction of sp³-hybridized carbons (Fsp3) is 0.235. The average Bonchev–Trinajstić information content (AvgIpc) is 2.49. The quantitative estimate of drug-likeness (QED) is 0.489. The lowest BCUT2D eigenvalue weighted by molar-refractivity contribution is 0.344. The zero-order valence-corrected chi connectivity index (χ0v) is 14.2. The van der Waals surface area contributed by atoms with Crippen molar-refractivity contribution in [2.24, 2.45) is 10.7 Å². The van der Waals surface area contributed by atoms with Gasteiger partial charge in [-0.2, -0.15) is 0 Å². The van der Waals surface area contributed by atoms with E-state index >= 15 is 0 Å². The Labute approximate surface area is 140 Å². The molecule has 0 fully saturated rings. The second kappa shape index (κ2) is 8.11. The Morgan fingerprint density at radius 1 is 1.18 bits per heavy atom. The van der Waals surface area contributed by atoms with Gasteiger partial charge in [-0.3, -0.25) is 0 Å². The third kappa shape index (κ3) is 5.28. The van der Waals surface area contributed by atoms with Crippen molar-refractivity contribution in [2.45, 2.75) is 13.8 Å². The van der Waals surface area contributed by atoms with E-state index in [1.54, 1.807) is 12.1 Å². The average molecular weight is 335 g/mol. The van der Waals surface area contributed by atoms with E-state index in [0.717, 1.165) is 22.8 Å². The molecule has 2 aromatic rings. The summed E-state index contributed by atoms with van der Waals surface area (Å²) in [6.07, 6.45) is 0. The summed E-state index contributed by atoms with van der Waals surface area (Å²) in [5, 5.41) is 1.25. The largest absolute Gasteiger partial charge is 0.493 e. The second-order valence-electron chi connectivity index (χ2n) is 4.89. The van der Waals surface area contributed by atoms with Crippen molar-refractivity contribution < 1.29 is 4.74 Å². The number of aryl methyl sites for hydroxylation is 2. The van der Waals surface area contributed by atoms with E-state index in [1.807, 2.05) is 32.0 Å². The van der Waals surface area contributed by atoms with E-state index in [1.165, 1.54) is 17.3 Å². The normalized spacial score (nSPS) is 11.5. The highest BCUT2D eigenvalue weighted by atomic mass is 35.5. The van der Waals surface area contributed by atoms with Crippen LogP contribution in [-0.4, -0.2) is 17.5 Å². The molecule has 0 heterocycles. The van der Waals surface area contributed by atoms with Crippen molar-refractivity contribution in [3.63, 3.8) is 0 Å². The lowest BCUT2D eigenvalue weighted by Crippen LogP contribution is -2.10. The number of halogens is 1. The summed E-state index contributed by atoms with van der Waals surface area (Å²) in [7, 11) is 0. The molecule has 0 aromatic heterocycles. The van der Waals surface area contributed by atoms with Gasteiger partial charge in [0.2, 0.25) is 0 Å². The summed E-state index contributed by atoms with van der Waals surface area (Å²) in [5.74, 6) is 1.54. The second-order valence-corrected chi connectivity index (χ2v) is 6.44. The van der Waals surface area contributed by atoms with E-state index in [9.17, 15) is 0 Å². The van der Waals surface area contributed by atoms with Crippen LogP contribution in [0.15, 0.2) is 47.5 Å². The van der Waals surface area contributed by atoms with Crippen molar-refractivity contribution in [1.82, 2.24) is 0 Å². The lowest BCUT2D eigenvalue weighted by atomic mass is 10.1. The van der Waals surface area contributed by atoms with Crippen molar-refractivity contribution in [3.05, 3.63) is 58.6 Å². The highest BCUT2D eigenvalue weighted by Crippen LogP contribution is 2.21. The monoisotopic (exact) mass is 334 g/mol. The Morgan fingerprint density at radius 3 is 2.64 bits per heavy atom. The van der Waals surface area contributed by atoms with Crippen molar-refractivity contribution in [3.8, 4) is 5.75 Å². The summed E-state index contributed by atoms with van der Waals surface area (Å²) in [6, 6.07) is 13.5. The maximum atomic E-state index is 5.96. The third-order valence-corrected chi connectivity index (χ3v) is 4.02. The van der Waals surface area contributed by atoms with Crippen LogP contribution in [0.5, 0.6) is 5.75 Å². The van der Waals surface area contributed by atoms with Crippen molar-refractivity contribution in [1.29, 1.82) is 0 Å². The van der Waals surface area contributed by atoms with Gasteiger partial charge in [0.25, 0.3) is 0 Å². The van der Waals surface area contributed by atoms with Gasteiger partial charge in [0.15, 0.2) is 5.17 Å². The van der Waals surface area contributed by atoms with Crippen LogP contribution in [0.25, 0.3) is 0 Å². The number of ether oxygens (including phenoxy) is 1. The van der Waals surface area contributed by atoms with Gasteiger partial charge in [0.1, 0.15) is 5.75 Å². The Hall–Kier alpha value is -1.65. The molecule has 0 bridgehead atoms. The maximum Gasteiger partial charge on any atom is 0.159 e. The molecule has 2 aromatic carbocycles. The van der Waals surface area contributed by atoms with Gasteiger partial charge in [-0.05, 0) is 55.3 Å². The fourth-order valence-corrected chi connectivity index (χ4v) is 2.49. The van der Waals surface area contributed by atoms with Crippen LogP contribution in [0.2, 0.25) is 5.02 Å². The predicted molar refractivity (Wildman–Crippen MR) is 96.6 cm³/mol. The molecule has 22 heavy (non-hydrogen) atoms. The topological polar surface area (TPSA) is 47.6 Å². The van der Waals surface area contributed by atoms with Crippen LogP contribution in [0.3, 0.4) is 0 Å². The zero-order chi connectivity index (χ0) is 15.9. The Bertz CT molecular complexity index is 656. The first kappa shape index (κ1) is 16.7. The molecule has 2 rings (SSSR count). The summed E-state index contributed by atoms with van der Waals surface area (Å²) in [5.41, 5.74) is 9.18. The molecule has 5 heteroatoms. The number of nitrogens with zero attached hydrogens (tertiary/aromatic N) is 1. The van der Waals surface area contributed by atoms with Gasteiger partial charge in [-0.15, -0.1) is 0 Å². The van der Waals surface area contributed by atoms with E-state index in [-0.39, 0.29) is 0 Å². The van der Waals surface area contributed by atoms with E-state index < -0.39 is 0 Å². The molecule has 0 aliphatic rings. The summed E-state index contributed by atoms with van der Waals surface area (Å²) in [6.45, 7) is 4.64. The van der Waals surface area contributed by atoms with Crippen LogP contribution < -0.4 is 10.5 Å². The van der Waals surface area contributed by atoms with Crippen molar-refractivity contribution in [2.75, 3.05) is 12.4 Å². The molecule has 2 N–H and O–H groups in total. The number of nitrogens with two attached hydrogens (primary N) is 1. The first-order valence-corrected chi connectivity index (χ1v) is 8.33. The number of amidine groups is 1. The van der Waals surface area contributed by atoms with Crippen LogP contribution in [0.1, 0.15) is 11.1 Å². The fourth-order valence-electron chi connectivity index (χ4n) is 1.83. The molecular weight excluding hydrogens is 316 g/mol. The molecule has 0 aliphatic carbocycles. The predicted octanol–water partition coefficient (Wildman–Crippen LogP) is 4.72. The van der Waals surface area contributed by atoms with Gasteiger partial charge in [-0.25, -0.2) is 4.99 Å². The van der Waals surface area contributed by atoms with Crippen LogP contribution in [-0.2, 0) is 0 Å². The summed E-state index contributed by atoms with van der Waals surface area (Å²) >= 11 is 7.31. The minimum atomic E-state index is 0.549. The standard InChI is InChI=1S/C17H19ClN2OS/c1-12-3-4-13(2)16(11-12)20-17(19)22-10-9-21-15-7-5-14(18)6-8-15/h3-8,11H,9-10H2,1-2H3,(H2,19,20). The third-order valence-electron chi connectivity index (χ3n) is 3.01. The Balaban J connectivity index is 1.82. The van der Waals surface area contributed by atoms with Crippen molar-refractivity contribution >= 4 is 34.2 Å². The SMILES string of the molecule is Cc1ccc(C)c(N=C(N)SCCOc2ccc(Cl)cc2)c1.